The zero-order valence-electron chi connectivity index (χ0n) is 13.6. The molecule has 2 aliphatic heterocycles. The summed E-state index contributed by atoms with van der Waals surface area (Å²) in [4.78, 5) is 5.26. The van der Waals surface area contributed by atoms with E-state index in [2.05, 4.69) is 42.0 Å². The molecule has 2 unspecified atom stereocenters. The van der Waals surface area contributed by atoms with Gasteiger partial charge in [0.1, 0.15) is 5.76 Å². The molecular weight excluding hydrogens is 262 g/mol. The summed E-state index contributed by atoms with van der Waals surface area (Å²) in [7, 11) is 0. The highest BCUT2D eigenvalue weighted by Gasteiger charge is 2.34. The molecule has 21 heavy (non-hydrogen) atoms. The van der Waals surface area contributed by atoms with Crippen molar-refractivity contribution in [1.29, 1.82) is 0 Å². The molecule has 0 spiro atoms. The fourth-order valence-electron chi connectivity index (χ4n) is 3.59. The Morgan fingerprint density at radius 2 is 2.24 bits per heavy atom. The van der Waals surface area contributed by atoms with Crippen molar-refractivity contribution in [2.75, 3.05) is 19.6 Å². The van der Waals surface area contributed by atoms with E-state index in [4.69, 9.17) is 4.42 Å². The first-order valence-electron chi connectivity index (χ1n) is 8.39. The molecule has 0 bridgehead atoms. The average Bonchev–Trinajstić information content (AvgIpc) is 3.06. The number of nitrogens with one attached hydrogen (secondary N) is 1. The quantitative estimate of drug-likeness (QED) is 0.903. The second-order valence-electron chi connectivity index (χ2n) is 7.03. The van der Waals surface area contributed by atoms with E-state index in [0.717, 1.165) is 24.9 Å². The van der Waals surface area contributed by atoms with Crippen LogP contribution in [0.3, 0.4) is 0 Å². The van der Waals surface area contributed by atoms with Crippen molar-refractivity contribution in [2.45, 2.75) is 64.8 Å². The standard InChI is InChI=1S/C17H29N3O/c1-13(2)18-8-15-7-17(21-12-15)11-20-10-16-5-4-6-19(16)9-14(20)3/h7,12-14,16,18H,4-6,8-11H2,1-3H3. The van der Waals surface area contributed by atoms with Crippen LogP contribution in [0.15, 0.2) is 16.7 Å². The first-order valence-corrected chi connectivity index (χ1v) is 8.39. The van der Waals surface area contributed by atoms with E-state index >= 15 is 0 Å². The summed E-state index contributed by atoms with van der Waals surface area (Å²) in [5.74, 6) is 1.11. The van der Waals surface area contributed by atoms with Crippen LogP contribution < -0.4 is 5.32 Å². The number of piperazine rings is 1. The molecule has 0 radical (unpaired) electrons. The van der Waals surface area contributed by atoms with Crippen LogP contribution in [0, 0.1) is 0 Å². The zero-order valence-corrected chi connectivity index (χ0v) is 13.6. The van der Waals surface area contributed by atoms with Crippen molar-refractivity contribution in [3.8, 4) is 0 Å². The number of hydrogen-bond acceptors (Lipinski definition) is 4. The summed E-state index contributed by atoms with van der Waals surface area (Å²) in [6, 6.07) is 4.13. The molecule has 0 aliphatic carbocycles. The lowest BCUT2D eigenvalue weighted by molar-refractivity contribution is 0.0494. The van der Waals surface area contributed by atoms with Gasteiger partial charge in [0.15, 0.2) is 0 Å². The molecular formula is C17H29N3O. The molecule has 1 aromatic rings. The van der Waals surface area contributed by atoms with E-state index in [1.54, 1.807) is 0 Å². The first-order chi connectivity index (χ1) is 10.1. The molecule has 2 atom stereocenters. The van der Waals surface area contributed by atoms with Gasteiger partial charge in [-0.25, -0.2) is 0 Å². The van der Waals surface area contributed by atoms with Crippen molar-refractivity contribution < 1.29 is 4.42 Å². The van der Waals surface area contributed by atoms with E-state index in [-0.39, 0.29) is 0 Å². The minimum atomic E-state index is 0.513. The van der Waals surface area contributed by atoms with E-state index < -0.39 is 0 Å². The Balaban J connectivity index is 1.56. The lowest BCUT2D eigenvalue weighted by Gasteiger charge is -2.41. The van der Waals surface area contributed by atoms with E-state index in [1.807, 2.05) is 6.26 Å². The molecule has 4 heteroatoms. The van der Waals surface area contributed by atoms with Crippen LogP contribution in [0.2, 0.25) is 0 Å². The molecule has 0 amide bonds. The summed E-state index contributed by atoms with van der Waals surface area (Å²) in [5.41, 5.74) is 1.26. The van der Waals surface area contributed by atoms with Crippen molar-refractivity contribution >= 4 is 0 Å². The summed E-state index contributed by atoms with van der Waals surface area (Å²) < 4.78 is 5.76. The van der Waals surface area contributed by atoms with Crippen LogP contribution in [0.5, 0.6) is 0 Å². The monoisotopic (exact) mass is 291 g/mol. The molecule has 0 aromatic carbocycles. The highest BCUT2D eigenvalue weighted by Crippen LogP contribution is 2.26. The number of furan rings is 1. The highest BCUT2D eigenvalue weighted by molar-refractivity contribution is 5.13. The van der Waals surface area contributed by atoms with Gasteiger partial charge in [0.2, 0.25) is 0 Å². The van der Waals surface area contributed by atoms with Crippen LogP contribution >= 0.6 is 0 Å². The van der Waals surface area contributed by atoms with Crippen molar-refractivity contribution in [1.82, 2.24) is 15.1 Å². The lowest BCUT2D eigenvalue weighted by atomic mass is 10.1. The fourth-order valence-corrected chi connectivity index (χ4v) is 3.59. The Morgan fingerprint density at radius 3 is 3.05 bits per heavy atom. The van der Waals surface area contributed by atoms with Gasteiger partial charge in [-0.3, -0.25) is 9.80 Å². The topological polar surface area (TPSA) is 31.7 Å². The van der Waals surface area contributed by atoms with E-state index in [0.29, 0.717) is 12.1 Å². The average molecular weight is 291 g/mol. The third kappa shape index (κ3) is 3.68. The van der Waals surface area contributed by atoms with Gasteiger partial charge < -0.3 is 9.73 Å². The van der Waals surface area contributed by atoms with Gasteiger partial charge in [0, 0.05) is 43.3 Å². The largest absolute Gasteiger partial charge is 0.468 e. The third-order valence-corrected chi connectivity index (χ3v) is 4.85. The van der Waals surface area contributed by atoms with Crippen LogP contribution in [0.25, 0.3) is 0 Å². The number of rotatable bonds is 5. The van der Waals surface area contributed by atoms with E-state index in [1.165, 1.54) is 38.0 Å². The van der Waals surface area contributed by atoms with Gasteiger partial charge in [-0.1, -0.05) is 13.8 Å². The van der Waals surface area contributed by atoms with Gasteiger partial charge >= 0.3 is 0 Å². The number of nitrogens with zero attached hydrogens (tertiary/aromatic N) is 2. The Labute approximate surface area is 128 Å². The second kappa shape index (κ2) is 6.51. The molecule has 2 aliphatic rings. The Kier molecular flexibility index (Phi) is 4.67. The molecule has 1 N–H and O–H groups in total. The van der Waals surface area contributed by atoms with Crippen LogP contribution in [0.1, 0.15) is 44.9 Å². The zero-order chi connectivity index (χ0) is 14.8. The summed E-state index contributed by atoms with van der Waals surface area (Å²) in [5, 5.41) is 3.44. The fraction of sp³-hybridized carbons (Fsp3) is 0.765. The van der Waals surface area contributed by atoms with Gasteiger partial charge in [0.25, 0.3) is 0 Å². The number of hydrogen-bond donors (Lipinski definition) is 1. The minimum Gasteiger partial charge on any atom is -0.468 e. The summed E-state index contributed by atoms with van der Waals surface area (Å²) >= 11 is 0. The lowest BCUT2D eigenvalue weighted by Crippen LogP contribution is -2.54. The highest BCUT2D eigenvalue weighted by atomic mass is 16.3. The SMILES string of the molecule is CC(C)NCc1coc(CN2CC3CCCN3CC2C)c1. The molecule has 2 saturated heterocycles. The predicted octanol–water partition coefficient (Wildman–Crippen LogP) is 2.45. The predicted molar refractivity (Wildman–Crippen MR) is 85.2 cm³/mol. The second-order valence-corrected chi connectivity index (χ2v) is 7.03. The molecule has 2 fully saturated rings. The Morgan fingerprint density at radius 1 is 1.38 bits per heavy atom. The van der Waals surface area contributed by atoms with Crippen molar-refractivity contribution in [3.05, 3.63) is 23.7 Å². The number of fused-ring (bicyclic) bond motifs is 1. The molecule has 3 rings (SSSR count). The molecule has 3 heterocycles. The normalized spacial score (nSPS) is 27.4. The van der Waals surface area contributed by atoms with Crippen LogP contribution in [-0.2, 0) is 13.1 Å². The minimum absolute atomic E-state index is 0.513. The Hall–Kier alpha value is -0.840. The third-order valence-electron chi connectivity index (χ3n) is 4.85. The molecule has 0 saturated carbocycles. The smallest absolute Gasteiger partial charge is 0.118 e. The van der Waals surface area contributed by atoms with Crippen LogP contribution in [0.4, 0.5) is 0 Å². The molecule has 1 aromatic heterocycles. The first kappa shape index (κ1) is 15.1. The van der Waals surface area contributed by atoms with E-state index in [9.17, 15) is 0 Å². The summed E-state index contributed by atoms with van der Waals surface area (Å²) in [6.45, 7) is 12.2. The van der Waals surface area contributed by atoms with Crippen molar-refractivity contribution in [2.24, 2.45) is 0 Å². The summed E-state index contributed by atoms with van der Waals surface area (Å²) in [6.07, 6.45) is 4.64. The maximum Gasteiger partial charge on any atom is 0.118 e. The Bertz CT molecular complexity index is 457. The maximum absolute atomic E-state index is 5.76. The van der Waals surface area contributed by atoms with Gasteiger partial charge in [-0.15, -0.1) is 0 Å². The molecule has 4 nitrogen and oxygen atoms in total. The van der Waals surface area contributed by atoms with Crippen LogP contribution in [-0.4, -0.2) is 47.6 Å². The van der Waals surface area contributed by atoms with Gasteiger partial charge in [-0.2, -0.15) is 0 Å². The van der Waals surface area contributed by atoms with Gasteiger partial charge in [0.05, 0.1) is 12.8 Å². The molecule has 118 valence electrons. The van der Waals surface area contributed by atoms with Crippen molar-refractivity contribution in [3.63, 3.8) is 0 Å². The van der Waals surface area contributed by atoms with Gasteiger partial charge in [-0.05, 0) is 32.4 Å². The maximum atomic E-state index is 5.76.